The molecule has 0 saturated carbocycles. The molecule has 1 N–H and O–H groups in total. The number of carbonyl (C=O) groups is 2. The number of rotatable bonds is 5. The summed E-state index contributed by atoms with van der Waals surface area (Å²) in [5.74, 6) is 0.0395. The van der Waals surface area contributed by atoms with E-state index in [1.807, 2.05) is 44.3 Å². The van der Waals surface area contributed by atoms with Crippen molar-refractivity contribution in [2.45, 2.75) is 13.0 Å². The monoisotopic (exact) mass is 275 g/mol. The van der Waals surface area contributed by atoms with Crippen molar-refractivity contribution in [2.24, 2.45) is 0 Å². The third-order valence-electron chi connectivity index (χ3n) is 3.69. The number of piperazine rings is 1. The van der Waals surface area contributed by atoms with Gasteiger partial charge in [0.2, 0.25) is 11.8 Å². The van der Waals surface area contributed by atoms with Gasteiger partial charge in [-0.1, -0.05) is 30.3 Å². The zero-order chi connectivity index (χ0) is 14.5. The van der Waals surface area contributed by atoms with Crippen LogP contribution in [0, 0.1) is 0 Å². The van der Waals surface area contributed by atoms with Crippen molar-refractivity contribution in [3.05, 3.63) is 35.9 Å². The van der Waals surface area contributed by atoms with Crippen molar-refractivity contribution in [3.8, 4) is 0 Å². The van der Waals surface area contributed by atoms with Crippen LogP contribution >= 0.6 is 0 Å². The molecule has 1 aliphatic heterocycles. The molecule has 5 heteroatoms. The normalized spacial score (nSPS) is 17.5. The number of nitrogens with one attached hydrogen (secondary N) is 1. The Morgan fingerprint density at radius 2 is 1.70 bits per heavy atom. The van der Waals surface area contributed by atoms with Gasteiger partial charge in [-0.05, 0) is 19.5 Å². The molecule has 1 unspecified atom stereocenters. The van der Waals surface area contributed by atoms with Gasteiger partial charge < -0.3 is 15.1 Å². The highest BCUT2D eigenvalue weighted by Gasteiger charge is 2.30. The summed E-state index contributed by atoms with van der Waals surface area (Å²) in [7, 11) is 1.87. The van der Waals surface area contributed by atoms with Crippen LogP contribution in [0.1, 0.15) is 18.5 Å². The Morgan fingerprint density at radius 3 is 2.30 bits per heavy atom. The van der Waals surface area contributed by atoms with Crippen LogP contribution in [0.4, 0.5) is 0 Å². The number of hydrogen-bond acceptors (Lipinski definition) is 3. The molecular formula is C15H21N3O2. The molecule has 20 heavy (non-hydrogen) atoms. The molecule has 0 radical (unpaired) electrons. The summed E-state index contributed by atoms with van der Waals surface area (Å²) in [6, 6.07) is 10.0. The quantitative estimate of drug-likeness (QED) is 0.858. The van der Waals surface area contributed by atoms with E-state index in [0.717, 1.165) is 5.56 Å². The van der Waals surface area contributed by atoms with E-state index >= 15 is 0 Å². The third kappa shape index (κ3) is 3.17. The maximum Gasteiger partial charge on any atom is 0.242 e. The van der Waals surface area contributed by atoms with Gasteiger partial charge in [0.1, 0.15) is 0 Å². The van der Waals surface area contributed by atoms with Gasteiger partial charge in [-0.15, -0.1) is 0 Å². The molecule has 1 aromatic carbocycles. The second-order valence-electron chi connectivity index (χ2n) is 4.93. The Kier molecular flexibility index (Phi) is 4.74. The minimum Gasteiger partial charge on any atom is -0.332 e. The van der Waals surface area contributed by atoms with Crippen LogP contribution in [0.5, 0.6) is 0 Å². The third-order valence-corrected chi connectivity index (χ3v) is 3.69. The highest BCUT2D eigenvalue weighted by molar-refractivity contribution is 5.92. The summed E-state index contributed by atoms with van der Waals surface area (Å²) in [5.41, 5.74) is 1.12. The predicted octanol–water partition coefficient (Wildman–Crippen LogP) is 0.638. The fourth-order valence-corrected chi connectivity index (χ4v) is 2.43. The van der Waals surface area contributed by atoms with Crippen LogP contribution in [-0.2, 0) is 9.59 Å². The van der Waals surface area contributed by atoms with Crippen LogP contribution < -0.4 is 5.32 Å². The summed E-state index contributed by atoms with van der Waals surface area (Å²) >= 11 is 0. The largest absolute Gasteiger partial charge is 0.332 e. The summed E-state index contributed by atoms with van der Waals surface area (Å²) in [4.78, 5) is 27.2. The lowest BCUT2D eigenvalue weighted by Gasteiger charge is -2.35. The van der Waals surface area contributed by atoms with Crippen LogP contribution in [0.3, 0.4) is 0 Å². The van der Waals surface area contributed by atoms with E-state index in [1.165, 1.54) is 0 Å². The second kappa shape index (κ2) is 6.52. The number of benzene rings is 1. The minimum absolute atomic E-state index is 0.0163. The highest BCUT2D eigenvalue weighted by Crippen LogP contribution is 2.15. The standard InChI is InChI=1S/C15H21N3O2/c1-3-17-10-15(20)18(11-14(17)19)9-13(16-2)12-7-5-4-6-8-12/h4-8,13,16H,3,9-11H2,1-2H3. The lowest BCUT2D eigenvalue weighted by Crippen LogP contribution is -2.55. The highest BCUT2D eigenvalue weighted by atomic mass is 16.2. The summed E-state index contributed by atoms with van der Waals surface area (Å²) in [6.45, 7) is 3.37. The van der Waals surface area contributed by atoms with Gasteiger partial charge in [0.05, 0.1) is 13.1 Å². The van der Waals surface area contributed by atoms with E-state index < -0.39 is 0 Å². The Bertz CT molecular complexity index is 475. The Labute approximate surface area is 119 Å². The summed E-state index contributed by atoms with van der Waals surface area (Å²) in [5, 5.41) is 3.21. The van der Waals surface area contributed by atoms with Crippen molar-refractivity contribution in [3.63, 3.8) is 0 Å². The first-order valence-electron chi connectivity index (χ1n) is 6.93. The number of nitrogens with zero attached hydrogens (tertiary/aromatic N) is 2. The lowest BCUT2D eigenvalue weighted by molar-refractivity contribution is -0.150. The van der Waals surface area contributed by atoms with E-state index in [2.05, 4.69) is 5.32 Å². The molecule has 1 heterocycles. The zero-order valence-electron chi connectivity index (χ0n) is 12.0. The number of carbonyl (C=O) groups excluding carboxylic acids is 2. The predicted molar refractivity (Wildman–Crippen MR) is 77.1 cm³/mol. The molecule has 1 fully saturated rings. The van der Waals surface area contributed by atoms with Gasteiger partial charge >= 0.3 is 0 Å². The average Bonchev–Trinajstić information content (AvgIpc) is 2.48. The maximum absolute atomic E-state index is 12.1. The molecule has 2 amide bonds. The molecule has 1 aromatic rings. The zero-order valence-corrected chi connectivity index (χ0v) is 12.0. The molecule has 0 aliphatic carbocycles. The van der Waals surface area contributed by atoms with Crippen LogP contribution in [-0.4, -0.2) is 54.8 Å². The van der Waals surface area contributed by atoms with Crippen molar-refractivity contribution >= 4 is 11.8 Å². The van der Waals surface area contributed by atoms with Crippen LogP contribution in [0.15, 0.2) is 30.3 Å². The van der Waals surface area contributed by atoms with Gasteiger partial charge in [0, 0.05) is 19.1 Å². The van der Waals surface area contributed by atoms with Crippen molar-refractivity contribution in [2.75, 3.05) is 33.2 Å². The topological polar surface area (TPSA) is 52.7 Å². The number of amides is 2. The number of hydrogen-bond donors (Lipinski definition) is 1. The molecule has 0 aromatic heterocycles. The molecule has 5 nitrogen and oxygen atoms in total. The Balaban J connectivity index is 2.05. The van der Waals surface area contributed by atoms with E-state index in [0.29, 0.717) is 13.1 Å². The molecule has 2 rings (SSSR count). The van der Waals surface area contributed by atoms with Gasteiger partial charge in [0.15, 0.2) is 0 Å². The summed E-state index contributed by atoms with van der Waals surface area (Å²) in [6.07, 6.45) is 0. The van der Waals surface area contributed by atoms with E-state index in [-0.39, 0.29) is 30.9 Å². The fraction of sp³-hybridized carbons (Fsp3) is 0.467. The first kappa shape index (κ1) is 14.5. The van der Waals surface area contributed by atoms with Crippen molar-refractivity contribution in [1.82, 2.24) is 15.1 Å². The SMILES string of the molecule is CCN1CC(=O)N(CC(NC)c2ccccc2)CC1=O. The molecule has 1 atom stereocenters. The van der Waals surface area contributed by atoms with Crippen LogP contribution in [0.2, 0.25) is 0 Å². The second-order valence-corrected chi connectivity index (χ2v) is 4.93. The van der Waals surface area contributed by atoms with E-state index in [4.69, 9.17) is 0 Å². The first-order chi connectivity index (χ1) is 9.65. The number of likely N-dealkylation sites (N-methyl/N-ethyl adjacent to an activating group) is 2. The smallest absolute Gasteiger partial charge is 0.242 e. The van der Waals surface area contributed by atoms with Gasteiger partial charge in [0.25, 0.3) is 0 Å². The van der Waals surface area contributed by atoms with Gasteiger partial charge in [-0.3, -0.25) is 9.59 Å². The molecule has 1 aliphatic rings. The first-order valence-corrected chi connectivity index (χ1v) is 6.93. The van der Waals surface area contributed by atoms with Crippen molar-refractivity contribution in [1.29, 1.82) is 0 Å². The van der Waals surface area contributed by atoms with Crippen molar-refractivity contribution < 1.29 is 9.59 Å². The molecular weight excluding hydrogens is 254 g/mol. The van der Waals surface area contributed by atoms with E-state index in [9.17, 15) is 9.59 Å². The Hall–Kier alpha value is -1.88. The lowest BCUT2D eigenvalue weighted by atomic mass is 10.1. The average molecular weight is 275 g/mol. The molecule has 1 saturated heterocycles. The molecule has 0 bridgehead atoms. The maximum atomic E-state index is 12.1. The van der Waals surface area contributed by atoms with Gasteiger partial charge in [-0.25, -0.2) is 0 Å². The molecule has 0 spiro atoms. The van der Waals surface area contributed by atoms with Gasteiger partial charge in [-0.2, -0.15) is 0 Å². The fourth-order valence-electron chi connectivity index (χ4n) is 2.43. The summed E-state index contributed by atoms with van der Waals surface area (Å²) < 4.78 is 0. The minimum atomic E-state index is 0.0163. The molecule has 108 valence electrons. The Morgan fingerprint density at radius 1 is 1.10 bits per heavy atom. The van der Waals surface area contributed by atoms with E-state index in [1.54, 1.807) is 9.80 Å². The van der Waals surface area contributed by atoms with Crippen LogP contribution in [0.25, 0.3) is 0 Å².